The number of benzene rings is 1. The molecule has 4 rings (SSSR count). The van der Waals surface area contributed by atoms with Gasteiger partial charge in [-0.05, 0) is 30.7 Å². The maximum Gasteiger partial charge on any atom is 0.256 e. The number of likely N-dealkylation sites (tertiary alicyclic amines) is 1. The lowest BCUT2D eigenvalue weighted by atomic mass is 9.90. The minimum absolute atomic E-state index is 0.0143. The largest absolute Gasteiger partial charge is 0.342 e. The van der Waals surface area contributed by atoms with Crippen LogP contribution in [0.15, 0.2) is 42.7 Å². The van der Waals surface area contributed by atoms with Crippen LogP contribution < -0.4 is 4.90 Å². The van der Waals surface area contributed by atoms with E-state index in [1.54, 1.807) is 17.3 Å². The summed E-state index contributed by atoms with van der Waals surface area (Å²) in [6.45, 7) is 4.33. The molecule has 0 atom stereocenters. The van der Waals surface area contributed by atoms with Crippen LogP contribution in [0.5, 0.6) is 0 Å². The lowest BCUT2D eigenvalue weighted by Crippen LogP contribution is -2.46. The smallest absolute Gasteiger partial charge is 0.256 e. The number of nitrogens with zero attached hydrogens (tertiary/aromatic N) is 5. The van der Waals surface area contributed by atoms with Gasteiger partial charge in [0.2, 0.25) is 12.4 Å². The number of aromatic nitrogens is 2. The summed E-state index contributed by atoms with van der Waals surface area (Å²) in [5.74, 6) is 1.26. The fourth-order valence-corrected chi connectivity index (χ4v) is 4.09. The summed E-state index contributed by atoms with van der Waals surface area (Å²) in [5, 5.41) is 0. The van der Waals surface area contributed by atoms with E-state index in [4.69, 9.17) is 0 Å². The van der Waals surface area contributed by atoms with E-state index in [0.29, 0.717) is 43.6 Å². The monoisotopic (exact) mass is 393 g/mol. The molecule has 2 amide bonds. The first-order valence-electron chi connectivity index (χ1n) is 10.3. The fraction of sp³-hybridized carbons (Fsp3) is 0.455. The van der Waals surface area contributed by atoms with Crippen LogP contribution in [-0.2, 0) is 11.2 Å². The normalized spacial score (nSPS) is 18.0. The third-order valence-corrected chi connectivity index (χ3v) is 5.90. The summed E-state index contributed by atoms with van der Waals surface area (Å²) in [7, 11) is 0. The molecule has 0 spiro atoms. The molecule has 2 aliphatic heterocycles. The van der Waals surface area contributed by atoms with Crippen molar-refractivity contribution in [2.45, 2.75) is 19.3 Å². The highest BCUT2D eigenvalue weighted by atomic mass is 16.2. The number of anilines is 1. The van der Waals surface area contributed by atoms with Crippen molar-refractivity contribution >= 4 is 18.3 Å². The lowest BCUT2D eigenvalue weighted by Gasteiger charge is -2.33. The van der Waals surface area contributed by atoms with Gasteiger partial charge in [-0.2, -0.15) is 0 Å². The molecule has 0 unspecified atom stereocenters. The average Bonchev–Trinajstić information content (AvgIpc) is 2.80. The van der Waals surface area contributed by atoms with Crippen molar-refractivity contribution in [3.8, 4) is 0 Å². The molecular weight excluding hydrogens is 366 g/mol. The van der Waals surface area contributed by atoms with Crippen LogP contribution >= 0.6 is 0 Å². The van der Waals surface area contributed by atoms with E-state index >= 15 is 0 Å². The minimum atomic E-state index is 0.0143. The van der Waals surface area contributed by atoms with Crippen molar-refractivity contribution in [1.82, 2.24) is 19.8 Å². The Kier molecular flexibility index (Phi) is 6.03. The van der Waals surface area contributed by atoms with Crippen LogP contribution in [0, 0.1) is 5.92 Å². The quantitative estimate of drug-likeness (QED) is 0.725. The Balaban J connectivity index is 1.29. The van der Waals surface area contributed by atoms with Crippen molar-refractivity contribution in [2.24, 2.45) is 5.92 Å². The molecule has 0 radical (unpaired) electrons. The number of piperazine rings is 1. The molecule has 3 heterocycles. The molecule has 152 valence electrons. The summed E-state index contributed by atoms with van der Waals surface area (Å²) in [5.41, 5.74) is 1.91. The van der Waals surface area contributed by atoms with Gasteiger partial charge in [0.25, 0.3) is 5.91 Å². The van der Waals surface area contributed by atoms with E-state index in [2.05, 4.69) is 34.2 Å². The molecule has 7 heteroatoms. The van der Waals surface area contributed by atoms with Crippen LogP contribution in [0.4, 0.5) is 5.95 Å². The Morgan fingerprint density at radius 1 is 0.966 bits per heavy atom. The van der Waals surface area contributed by atoms with E-state index in [1.807, 2.05) is 15.9 Å². The minimum Gasteiger partial charge on any atom is -0.342 e. The SMILES string of the molecule is O=CN1CCN(c2ncc(C(=O)N3CCC(Cc4ccccc4)CC3)cn2)CC1. The predicted molar refractivity (Wildman–Crippen MR) is 111 cm³/mol. The second-order valence-electron chi connectivity index (χ2n) is 7.83. The molecule has 2 saturated heterocycles. The molecule has 7 nitrogen and oxygen atoms in total. The van der Waals surface area contributed by atoms with Gasteiger partial charge in [-0.15, -0.1) is 0 Å². The second-order valence-corrected chi connectivity index (χ2v) is 7.83. The number of rotatable bonds is 5. The summed E-state index contributed by atoms with van der Waals surface area (Å²) in [6, 6.07) is 10.6. The Hall–Kier alpha value is -2.96. The summed E-state index contributed by atoms with van der Waals surface area (Å²) in [6.07, 6.45) is 7.28. The highest BCUT2D eigenvalue weighted by Gasteiger charge is 2.25. The van der Waals surface area contributed by atoms with Gasteiger partial charge in [-0.3, -0.25) is 9.59 Å². The molecule has 1 aromatic heterocycles. The molecule has 0 bridgehead atoms. The number of amides is 2. The van der Waals surface area contributed by atoms with Gasteiger partial charge in [0.15, 0.2) is 0 Å². The molecule has 2 aromatic rings. The molecule has 0 N–H and O–H groups in total. The Bertz CT molecular complexity index is 811. The summed E-state index contributed by atoms with van der Waals surface area (Å²) >= 11 is 0. The van der Waals surface area contributed by atoms with Gasteiger partial charge < -0.3 is 14.7 Å². The van der Waals surface area contributed by atoms with Gasteiger partial charge in [-0.1, -0.05) is 30.3 Å². The highest BCUT2D eigenvalue weighted by Crippen LogP contribution is 2.23. The van der Waals surface area contributed by atoms with Gasteiger partial charge >= 0.3 is 0 Å². The number of hydrogen-bond donors (Lipinski definition) is 0. The molecule has 0 saturated carbocycles. The van der Waals surface area contributed by atoms with Crippen LogP contribution in [-0.4, -0.2) is 71.4 Å². The number of carbonyl (C=O) groups excluding carboxylic acids is 2. The van der Waals surface area contributed by atoms with Gasteiger partial charge in [0, 0.05) is 51.7 Å². The summed E-state index contributed by atoms with van der Waals surface area (Å²) < 4.78 is 0. The Morgan fingerprint density at radius 2 is 1.62 bits per heavy atom. The first-order chi connectivity index (χ1) is 14.2. The number of hydrogen-bond acceptors (Lipinski definition) is 5. The predicted octanol–water partition coefficient (Wildman–Crippen LogP) is 1.85. The molecular formula is C22H27N5O2. The molecule has 29 heavy (non-hydrogen) atoms. The van der Waals surface area contributed by atoms with Crippen molar-refractivity contribution in [2.75, 3.05) is 44.2 Å². The molecule has 2 fully saturated rings. The zero-order valence-corrected chi connectivity index (χ0v) is 16.6. The topological polar surface area (TPSA) is 69.6 Å². The van der Waals surface area contributed by atoms with Gasteiger partial charge in [-0.25, -0.2) is 9.97 Å². The third kappa shape index (κ3) is 4.72. The Morgan fingerprint density at radius 3 is 2.24 bits per heavy atom. The maximum absolute atomic E-state index is 12.8. The van der Waals surface area contributed by atoms with E-state index in [9.17, 15) is 9.59 Å². The number of piperidine rings is 1. The van der Waals surface area contributed by atoms with Gasteiger partial charge in [0.1, 0.15) is 0 Å². The van der Waals surface area contributed by atoms with Crippen molar-refractivity contribution < 1.29 is 9.59 Å². The van der Waals surface area contributed by atoms with E-state index in [-0.39, 0.29) is 5.91 Å². The van der Waals surface area contributed by atoms with Gasteiger partial charge in [0.05, 0.1) is 5.56 Å². The zero-order valence-electron chi connectivity index (χ0n) is 16.6. The van der Waals surface area contributed by atoms with Crippen LogP contribution in [0.25, 0.3) is 0 Å². The van der Waals surface area contributed by atoms with Crippen LogP contribution in [0.1, 0.15) is 28.8 Å². The maximum atomic E-state index is 12.8. The van der Waals surface area contributed by atoms with E-state index in [1.165, 1.54) is 5.56 Å². The van der Waals surface area contributed by atoms with Crippen molar-refractivity contribution in [3.63, 3.8) is 0 Å². The fourth-order valence-electron chi connectivity index (χ4n) is 4.09. The standard InChI is InChI=1S/C22H27N5O2/c28-17-25-10-12-27(13-11-25)22-23-15-20(16-24-22)21(29)26-8-6-19(7-9-26)14-18-4-2-1-3-5-18/h1-5,15-17,19H,6-14H2. The van der Waals surface area contributed by atoms with Crippen molar-refractivity contribution in [1.29, 1.82) is 0 Å². The molecule has 0 aliphatic carbocycles. The van der Waals surface area contributed by atoms with Crippen LogP contribution in [0.3, 0.4) is 0 Å². The highest BCUT2D eigenvalue weighted by molar-refractivity contribution is 5.93. The molecule has 1 aromatic carbocycles. The Labute approximate surface area is 171 Å². The van der Waals surface area contributed by atoms with E-state index in [0.717, 1.165) is 38.8 Å². The zero-order chi connectivity index (χ0) is 20.1. The molecule has 2 aliphatic rings. The van der Waals surface area contributed by atoms with E-state index < -0.39 is 0 Å². The lowest BCUT2D eigenvalue weighted by molar-refractivity contribution is -0.118. The van der Waals surface area contributed by atoms with Crippen LogP contribution in [0.2, 0.25) is 0 Å². The summed E-state index contributed by atoms with van der Waals surface area (Å²) in [4.78, 5) is 38.2. The second kappa shape index (κ2) is 9.03. The van der Waals surface area contributed by atoms with Crippen molar-refractivity contribution in [3.05, 3.63) is 53.9 Å². The first kappa shape index (κ1) is 19.4. The first-order valence-corrected chi connectivity index (χ1v) is 10.3. The number of carbonyl (C=O) groups is 2. The average molecular weight is 393 g/mol. The third-order valence-electron chi connectivity index (χ3n) is 5.90.